The number of carbonyl (C=O) groups excluding carboxylic acids is 1. The number of hydrogen-bond acceptors (Lipinski definition) is 4. The van der Waals surface area contributed by atoms with Crippen LogP contribution in [0.4, 0.5) is 0 Å². The summed E-state index contributed by atoms with van der Waals surface area (Å²) in [5.74, 6) is -0.763. The molecule has 0 radical (unpaired) electrons. The maximum Gasteiger partial charge on any atom is 0.317 e. The summed E-state index contributed by atoms with van der Waals surface area (Å²) < 4.78 is 0. The van der Waals surface area contributed by atoms with Gasteiger partial charge < -0.3 is 10.4 Å². The lowest BCUT2D eigenvalue weighted by molar-refractivity contribution is -0.138. The molecule has 0 spiro atoms. The van der Waals surface area contributed by atoms with Crippen molar-refractivity contribution in [2.75, 3.05) is 32.7 Å². The van der Waals surface area contributed by atoms with Gasteiger partial charge in [0.25, 0.3) is 0 Å². The van der Waals surface area contributed by atoms with Crippen LogP contribution in [-0.2, 0) is 9.59 Å². The first-order valence-electron chi connectivity index (χ1n) is 7.19. The van der Waals surface area contributed by atoms with Gasteiger partial charge in [-0.1, -0.05) is 0 Å². The van der Waals surface area contributed by atoms with Crippen molar-refractivity contribution in [3.63, 3.8) is 0 Å². The third kappa shape index (κ3) is 5.88. The number of carbonyl (C=O) groups is 2. The molecule has 116 valence electrons. The Hall–Kier alpha value is -1.14. The Balaban J connectivity index is 2.51. The smallest absolute Gasteiger partial charge is 0.317 e. The van der Waals surface area contributed by atoms with Crippen molar-refractivity contribution >= 4 is 11.9 Å². The van der Waals surface area contributed by atoms with E-state index in [2.05, 4.69) is 10.2 Å². The van der Waals surface area contributed by atoms with Crippen molar-refractivity contribution in [2.45, 2.75) is 45.7 Å². The van der Waals surface area contributed by atoms with E-state index in [0.717, 1.165) is 26.1 Å². The Labute approximate surface area is 121 Å². The third-order valence-electron chi connectivity index (χ3n) is 3.41. The first-order chi connectivity index (χ1) is 9.19. The summed E-state index contributed by atoms with van der Waals surface area (Å²) in [5.41, 5.74) is -0.230. The van der Waals surface area contributed by atoms with Gasteiger partial charge in [-0.2, -0.15) is 0 Å². The quantitative estimate of drug-likeness (QED) is 0.781. The fourth-order valence-electron chi connectivity index (χ4n) is 2.37. The molecule has 1 rings (SSSR count). The van der Waals surface area contributed by atoms with Gasteiger partial charge >= 0.3 is 5.97 Å². The fourth-order valence-corrected chi connectivity index (χ4v) is 2.37. The summed E-state index contributed by atoms with van der Waals surface area (Å²) in [5, 5.41) is 11.8. The van der Waals surface area contributed by atoms with Gasteiger partial charge in [0, 0.05) is 31.7 Å². The van der Waals surface area contributed by atoms with Crippen LogP contribution in [0.5, 0.6) is 0 Å². The Kier molecular flexibility index (Phi) is 5.95. The van der Waals surface area contributed by atoms with Crippen molar-refractivity contribution < 1.29 is 14.7 Å². The van der Waals surface area contributed by atoms with E-state index >= 15 is 0 Å². The van der Waals surface area contributed by atoms with Crippen molar-refractivity contribution in [3.8, 4) is 0 Å². The van der Waals surface area contributed by atoms with Crippen LogP contribution in [0.2, 0.25) is 0 Å². The highest BCUT2D eigenvalue weighted by atomic mass is 16.4. The van der Waals surface area contributed by atoms with E-state index in [0.29, 0.717) is 6.54 Å². The summed E-state index contributed by atoms with van der Waals surface area (Å²) >= 11 is 0. The van der Waals surface area contributed by atoms with Crippen LogP contribution >= 0.6 is 0 Å². The Morgan fingerprint density at radius 1 is 1.20 bits per heavy atom. The molecule has 20 heavy (non-hydrogen) atoms. The summed E-state index contributed by atoms with van der Waals surface area (Å²) in [4.78, 5) is 27.0. The molecule has 0 saturated carbocycles. The molecule has 6 heteroatoms. The minimum absolute atomic E-state index is 0.0317. The van der Waals surface area contributed by atoms with Crippen LogP contribution < -0.4 is 5.32 Å². The first-order valence-corrected chi connectivity index (χ1v) is 7.19. The normalized spacial score (nSPS) is 20.2. The molecule has 1 unspecified atom stereocenters. The molecular weight excluding hydrogens is 258 g/mol. The highest BCUT2D eigenvalue weighted by molar-refractivity contribution is 5.81. The molecule has 1 atom stereocenters. The molecule has 2 N–H and O–H groups in total. The lowest BCUT2D eigenvalue weighted by Gasteiger charge is -2.30. The lowest BCUT2D eigenvalue weighted by atomic mass is 10.1. The lowest BCUT2D eigenvalue weighted by Crippen LogP contribution is -2.51. The van der Waals surface area contributed by atoms with Crippen LogP contribution in [0.1, 0.15) is 34.1 Å². The van der Waals surface area contributed by atoms with Gasteiger partial charge in [-0.25, -0.2) is 0 Å². The van der Waals surface area contributed by atoms with E-state index in [1.807, 2.05) is 32.6 Å². The summed E-state index contributed by atoms with van der Waals surface area (Å²) in [7, 11) is 0. The molecule has 1 aliphatic heterocycles. The number of rotatable bonds is 4. The standard InChI is InChI=1S/C14H27N3O3/c1-11(13(20)15-14(2,3)4)17-7-5-6-16(8-9-17)10-12(18)19/h11H,5-10H2,1-4H3,(H,15,20)(H,18,19). The summed E-state index contributed by atoms with van der Waals surface area (Å²) in [6.45, 7) is 10.9. The summed E-state index contributed by atoms with van der Waals surface area (Å²) in [6, 6.07) is -0.181. The highest BCUT2D eigenvalue weighted by Gasteiger charge is 2.26. The number of carboxylic acids is 1. The number of carboxylic acid groups (broad SMARTS) is 1. The minimum atomic E-state index is -0.794. The molecule has 1 aliphatic rings. The zero-order valence-electron chi connectivity index (χ0n) is 13.0. The molecule has 1 fully saturated rings. The minimum Gasteiger partial charge on any atom is -0.480 e. The zero-order chi connectivity index (χ0) is 15.3. The maximum absolute atomic E-state index is 12.2. The largest absolute Gasteiger partial charge is 0.480 e. The average molecular weight is 285 g/mol. The number of amides is 1. The van der Waals surface area contributed by atoms with Gasteiger partial charge in [-0.3, -0.25) is 19.4 Å². The number of aliphatic carboxylic acids is 1. The zero-order valence-corrected chi connectivity index (χ0v) is 13.0. The number of hydrogen-bond donors (Lipinski definition) is 2. The molecule has 0 aromatic heterocycles. The monoisotopic (exact) mass is 285 g/mol. The molecular formula is C14H27N3O3. The molecule has 1 saturated heterocycles. The first kappa shape index (κ1) is 16.9. The van der Waals surface area contributed by atoms with Gasteiger partial charge in [-0.15, -0.1) is 0 Å². The van der Waals surface area contributed by atoms with E-state index in [1.54, 1.807) is 0 Å². The van der Waals surface area contributed by atoms with Crippen molar-refractivity contribution in [3.05, 3.63) is 0 Å². The van der Waals surface area contributed by atoms with E-state index in [9.17, 15) is 9.59 Å². The van der Waals surface area contributed by atoms with E-state index < -0.39 is 5.97 Å². The van der Waals surface area contributed by atoms with Gasteiger partial charge in [-0.05, 0) is 34.1 Å². The maximum atomic E-state index is 12.2. The second-order valence-corrected chi connectivity index (χ2v) is 6.47. The van der Waals surface area contributed by atoms with Crippen molar-refractivity contribution in [2.24, 2.45) is 0 Å². The molecule has 6 nitrogen and oxygen atoms in total. The Bertz CT molecular complexity index is 352. The van der Waals surface area contributed by atoms with E-state index in [-0.39, 0.29) is 24.0 Å². The van der Waals surface area contributed by atoms with Crippen molar-refractivity contribution in [1.82, 2.24) is 15.1 Å². The number of nitrogens with zero attached hydrogens (tertiary/aromatic N) is 2. The topological polar surface area (TPSA) is 72.9 Å². The predicted octanol–water partition coefficient (Wildman–Crippen LogP) is 0.382. The van der Waals surface area contributed by atoms with Gasteiger partial charge in [0.2, 0.25) is 5.91 Å². The van der Waals surface area contributed by atoms with Crippen LogP contribution in [0.3, 0.4) is 0 Å². The number of nitrogens with one attached hydrogen (secondary N) is 1. The van der Waals surface area contributed by atoms with Crippen LogP contribution in [0.25, 0.3) is 0 Å². The predicted molar refractivity (Wildman–Crippen MR) is 77.6 cm³/mol. The molecule has 1 heterocycles. The Morgan fingerprint density at radius 3 is 2.40 bits per heavy atom. The summed E-state index contributed by atoms with van der Waals surface area (Å²) in [6.07, 6.45) is 0.889. The van der Waals surface area contributed by atoms with E-state index in [1.165, 1.54) is 0 Å². The second-order valence-electron chi connectivity index (χ2n) is 6.47. The molecule has 1 amide bonds. The van der Waals surface area contributed by atoms with Gasteiger partial charge in [0.05, 0.1) is 12.6 Å². The molecule has 0 aliphatic carbocycles. The van der Waals surface area contributed by atoms with E-state index in [4.69, 9.17) is 5.11 Å². The fraction of sp³-hybridized carbons (Fsp3) is 0.857. The van der Waals surface area contributed by atoms with Crippen LogP contribution in [0.15, 0.2) is 0 Å². The molecule has 0 aromatic rings. The van der Waals surface area contributed by atoms with Gasteiger partial charge in [0.15, 0.2) is 0 Å². The van der Waals surface area contributed by atoms with Gasteiger partial charge in [0.1, 0.15) is 0 Å². The van der Waals surface area contributed by atoms with Crippen molar-refractivity contribution in [1.29, 1.82) is 0 Å². The van der Waals surface area contributed by atoms with Crippen LogP contribution in [-0.4, -0.2) is 71.1 Å². The SMILES string of the molecule is CC(C(=O)NC(C)(C)C)N1CCCN(CC(=O)O)CC1. The third-order valence-corrected chi connectivity index (χ3v) is 3.41. The molecule has 0 bridgehead atoms. The second kappa shape index (κ2) is 7.04. The average Bonchev–Trinajstić information content (AvgIpc) is 2.50. The molecule has 0 aromatic carbocycles. The highest BCUT2D eigenvalue weighted by Crippen LogP contribution is 2.09. The van der Waals surface area contributed by atoms with Crippen LogP contribution in [0, 0.1) is 0 Å². The Morgan fingerprint density at radius 2 is 1.85 bits per heavy atom.